The van der Waals surface area contributed by atoms with Crippen LogP contribution in [0.2, 0.25) is 0 Å². The number of rotatable bonds is 9. The maximum atomic E-state index is 12.4. The molecule has 0 bridgehead atoms. The molecule has 33 heavy (non-hydrogen) atoms. The molecular weight excluding hydrogens is 424 g/mol. The molecule has 0 saturated heterocycles. The van der Waals surface area contributed by atoms with Crippen LogP contribution in [0.1, 0.15) is 73.3 Å². The highest BCUT2D eigenvalue weighted by Crippen LogP contribution is 2.07. The van der Waals surface area contributed by atoms with E-state index in [1.807, 2.05) is 44.2 Å². The van der Waals surface area contributed by atoms with E-state index in [9.17, 15) is 19.5 Å². The highest BCUT2D eigenvalue weighted by molar-refractivity contribution is 5.94. The molecule has 0 aliphatic rings. The number of nitrogens with two attached hydrogens (primary N) is 2. The Morgan fingerprint density at radius 3 is 1.91 bits per heavy atom. The molecule has 0 saturated carbocycles. The monoisotopic (exact) mass is 468 g/mol. The fraction of sp³-hybridized carbons (Fsp3) is 0.583. The molecule has 1 rings (SSSR count). The average Bonchev–Trinajstić information content (AvgIpc) is 2.75. The normalized spacial score (nSPS) is 11.4. The molecule has 0 fully saturated rings. The van der Waals surface area contributed by atoms with E-state index >= 15 is 0 Å². The Hall–Kier alpha value is -2.94. The summed E-state index contributed by atoms with van der Waals surface area (Å²) in [4.78, 5) is 44.3. The van der Waals surface area contributed by atoms with E-state index in [-0.39, 0.29) is 19.3 Å². The van der Waals surface area contributed by atoms with E-state index in [4.69, 9.17) is 10.5 Å². The minimum absolute atomic E-state index is 0.111. The zero-order chi connectivity index (χ0) is 26.4. The van der Waals surface area contributed by atoms with Crippen LogP contribution in [0.3, 0.4) is 0 Å². The molecule has 2 atom stereocenters. The number of primary amides is 2. The van der Waals surface area contributed by atoms with Crippen molar-refractivity contribution < 1.29 is 24.3 Å². The Bertz CT molecular complexity index is 662. The van der Waals surface area contributed by atoms with E-state index in [0.29, 0.717) is 0 Å². The van der Waals surface area contributed by atoms with Gasteiger partial charge in [0.1, 0.15) is 11.6 Å². The van der Waals surface area contributed by atoms with Gasteiger partial charge in [-0.2, -0.15) is 0 Å². The molecular formula is C24H44N4O5. The minimum atomic E-state index is -1.24. The van der Waals surface area contributed by atoms with Gasteiger partial charge in [0.15, 0.2) is 0 Å². The fourth-order valence-electron chi connectivity index (χ4n) is 2.14. The fourth-order valence-corrected chi connectivity index (χ4v) is 2.14. The van der Waals surface area contributed by atoms with Gasteiger partial charge in [-0.15, -0.1) is 0 Å². The Morgan fingerprint density at radius 2 is 1.55 bits per heavy atom. The predicted octanol–water partition coefficient (Wildman–Crippen LogP) is 1.80. The van der Waals surface area contributed by atoms with Crippen LogP contribution in [0.25, 0.3) is 0 Å². The van der Waals surface area contributed by atoms with Gasteiger partial charge in [0.2, 0.25) is 24.1 Å². The summed E-state index contributed by atoms with van der Waals surface area (Å²) >= 11 is 0. The van der Waals surface area contributed by atoms with Crippen LogP contribution in [-0.2, 0) is 25.6 Å². The molecule has 1 aromatic carbocycles. The molecule has 0 aromatic heterocycles. The number of hydrogen-bond donors (Lipinski definition) is 5. The maximum absolute atomic E-state index is 12.4. The second-order valence-corrected chi connectivity index (χ2v) is 7.48. The van der Waals surface area contributed by atoms with Gasteiger partial charge < -0.3 is 27.2 Å². The number of carbonyl (C=O) groups is 4. The average molecular weight is 469 g/mol. The minimum Gasteiger partial charge on any atom is -0.393 e. The van der Waals surface area contributed by atoms with Crippen molar-refractivity contribution in [2.45, 2.75) is 91.8 Å². The van der Waals surface area contributed by atoms with Crippen LogP contribution >= 0.6 is 0 Å². The summed E-state index contributed by atoms with van der Waals surface area (Å²) in [7, 11) is 0. The van der Waals surface area contributed by atoms with Crippen molar-refractivity contribution in [3.8, 4) is 0 Å². The van der Waals surface area contributed by atoms with Crippen molar-refractivity contribution in [2.24, 2.45) is 11.5 Å². The van der Waals surface area contributed by atoms with Gasteiger partial charge in [-0.25, -0.2) is 0 Å². The van der Waals surface area contributed by atoms with E-state index in [1.165, 1.54) is 33.6 Å². The third-order valence-corrected chi connectivity index (χ3v) is 3.93. The van der Waals surface area contributed by atoms with E-state index in [2.05, 4.69) is 30.2 Å². The van der Waals surface area contributed by atoms with Crippen LogP contribution in [-0.4, -0.2) is 46.9 Å². The van der Waals surface area contributed by atoms with Crippen molar-refractivity contribution in [2.75, 3.05) is 0 Å². The molecule has 0 spiro atoms. The first kappa shape index (κ1) is 34.7. The molecule has 0 aliphatic heterocycles. The lowest BCUT2D eigenvalue weighted by Gasteiger charge is -2.27. The summed E-state index contributed by atoms with van der Waals surface area (Å²) in [5.41, 5.74) is 9.15. The number of nitrogens with one attached hydrogen (secondary N) is 2. The smallest absolute Gasteiger partial charge is 0.245 e. The summed E-state index contributed by atoms with van der Waals surface area (Å²) in [6, 6.07) is 8.29. The van der Waals surface area contributed by atoms with Gasteiger partial charge in [-0.05, 0) is 26.3 Å². The number of aliphatic hydroxyl groups is 1. The topological polar surface area (TPSA) is 165 Å². The molecule has 0 heterocycles. The summed E-state index contributed by atoms with van der Waals surface area (Å²) in [5, 5.41) is 14.3. The van der Waals surface area contributed by atoms with Gasteiger partial charge in [-0.3, -0.25) is 19.2 Å². The Kier molecular flexibility index (Phi) is 22.0. The molecule has 9 nitrogen and oxygen atoms in total. The van der Waals surface area contributed by atoms with E-state index < -0.39 is 35.4 Å². The lowest BCUT2D eigenvalue weighted by molar-refractivity contribution is -0.135. The molecule has 0 aliphatic carbocycles. The third kappa shape index (κ3) is 19.5. The highest BCUT2D eigenvalue weighted by atomic mass is 16.3. The lowest BCUT2D eigenvalue weighted by atomic mass is 10.0. The van der Waals surface area contributed by atoms with Crippen LogP contribution in [0.5, 0.6) is 0 Å². The first-order chi connectivity index (χ1) is 15.4. The second-order valence-electron chi connectivity index (χ2n) is 7.48. The zero-order valence-electron chi connectivity index (χ0n) is 21.2. The van der Waals surface area contributed by atoms with Crippen LogP contribution in [0.15, 0.2) is 30.3 Å². The Morgan fingerprint density at radius 1 is 1.09 bits per heavy atom. The SMILES string of the molecule is CC.CCCC.C[C@@H](O)CC(=O)NC(C)(C)C(=O)N[C@@H](Cc1ccccc1)C(N)=O.NC=O. The van der Waals surface area contributed by atoms with Crippen LogP contribution in [0.4, 0.5) is 0 Å². The summed E-state index contributed by atoms with van der Waals surface area (Å²) in [6.45, 7) is 12.9. The van der Waals surface area contributed by atoms with Gasteiger partial charge in [0, 0.05) is 6.42 Å². The van der Waals surface area contributed by atoms with Crippen molar-refractivity contribution >= 4 is 24.1 Å². The first-order valence-electron chi connectivity index (χ1n) is 11.2. The zero-order valence-corrected chi connectivity index (χ0v) is 21.2. The Balaban J connectivity index is -0.000000861. The van der Waals surface area contributed by atoms with E-state index in [1.54, 1.807) is 0 Å². The van der Waals surface area contributed by atoms with E-state index in [0.717, 1.165) is 5.56 Å². The summed E-state index contributed by atoms with van der Waals surface area (Å²) in [5.74, 6) is -1.64. The highest BCUT2D eigenvalue weighted by Gasteiger charge is 2.32. The molecule has 0 radical (unpaired) electrons. The lowest BCUT2D eigenvalue weighted by Crippen LogP contribution is -2.59. The van der Waals surface area contributed by atoms with Gasteiger partial charge >= 0.3 is 0 Å². The molecule has 9 heteroatoms. The van der Waals surface area contributed by atoms with Crippen molar-refractivity contribution in [1.29, 1.82) is 0 Å². The number of benzene rings is 1. The third-order valence-electron chi connectivity index (χ3n) is 3.93. The number of hydrogen-bond acceptors (Lipinski definition) is 5. The van der Waals surface area contributed by atoms with Crippen LogP contribution < -0.4 is 22.1 Å². The largest absolute Gasteiger partial charge is 0.393 e. The van der Waals surface area contributed by atoms with Gasteiger partial charge in [0.05, 0.1) is 12.5 Å². The van der Waals surface area contributed by atoms with Gasteiger partial charge in [0.25, 0.3) is 0 Å². The standard InChI is InChI=1S/C17H25N3O4.C4H10.C2H6.CH3NO/c1-11(21)9-14(22)20-17(2,3)16(24)19-13(15(18)23)10-12-7-5-4-6-8-12;1-3-4-2;1-2;2-1-3/h4-8,11,13,21H,9-10H2,1-3H3,(H2,18,23)(H,19,24)(H,20,22);3-4H2,1-2H3;1-2H3;1H,(H2,2,3)/t11-,13+;;;/m1.../s1. The summed E-state index contributed by atoms with van der Waals surface area (Å²) in [6.07, 6.45) is 2.24. The number of aliphatic hydroxyl groups excluding tert-OH is 1. The molecule has 4 amide bonds. The summed E-state index contributed by atoms with van der Waals surface area (Å²) < 4.78 is 0. The van der Waals surface area contributed by atoms with Crippen LogP contribution in [0, 0.1) is 0 Å². The molecule has 7 N–H and O–H groups in total. The van der Waals surface area contributed by atoms with Gasteiger partial charge in [-0.1, -0.05) is 70.9 Å². The number of carbonyl (C=O) groups excluding carboxylic acids is 4. The quantitative estimate of drug-likeness (QED) is 0.348. The number of amides is 4. The first-order valence-corrected chi connectivity index (χ1v) is 11.2. The second kappa shape index (κ2) is 20.9. The maximum Gasteiger partial charge on any atom is 0.245 e. The molecule has 1 aromatic rings. The van der Waals surface area contributed by atoms with Crippen molar-refractivity contribution in [1.82, 2.24) is 10.6 Å². The molecule has 0 unspecified atom stereocenters. The predicted molar refractivity (Wildman–Crippen MR) is 132 cm³/mol. The van der Waals surface area contributed by atoms with Crippen molar-refractivity contribution in [3.63, 3.8) is 0 Å². The molecule has 190 valence electrons. The Labute approximate surface area is 198 Å². The van der Waals surface area contributed by atoms with Crippen molar-refractivity contribution in [3.05, 3.63) is 35.9 Å². The number of unbranched alkanes of at least 4 members (excludes halogenated alkanes) is 1.